The average molecular weight is 393 g/mol. The molecule has 0 radical (unpaired) electrons. The van der Waals surface area contributed by atoms with Crippen LogP contribution in [0, 0.1) is 11.7 Å². The van der Waals surface area contributed by atoms with E-state index >= 15 is 0 Å². The van der Waals surface area contributed by atoms with Gasteiger partial charge in [-0.1, -0.05) is 20.4 Å². The first-order valence-electron chi connectivity index (χ1n) is 8.22. The van der Waals surface area contributed by atoms with Crippen LogP contribution in [0.3, 0.4) is 0 Å². The van der Waals surface area contributed by atoms with Crippen LogP contribution < -0.4 is 10.1 Å². The van der Waals surface area contributed by atoms with Gasteiger partial charge in [-0.05, 0) is 42.5 Å². The van der Waals surface area contributed by atoms with E-state index in [1.165, 1.54) is 12.1 Å². The van der Waals surface area contributed by atoms with E-state index < -0.39 is 46.4 Å². The Kier molecular flexibility index (Phi) is 6.12. The lowest BCUT2D eigenvalue weighted by atomic mass is 10.0. The summed E-state index contributed by atoms with van der Waals surface area (Å²) in [5.41, 5.74) is -1.52. The summed E-state index contributed by atoms with van der Waals surface area (Å²) >= 11 is 0. The Hall–Kier alpha value is -3.29. The van der Waals surface area contributed by atoms with Crippen molar-refractivity contribution in [2.24, 2.45) is 5.92 Å². The van der Waals surface area contributed by atoms with Gasteiger partial charge in [0.2, 0.25) is 5.91 Å². The summed E-state index contributed by atoms with van der Waals surface area (Å²) < 4.78 is 47.6. The van der Waals surface area contributed by atoms with E-state index in [9.17, 15) is 27.9 Å². The lowest BCUT2D eigenvalue weighted by molar-refractivity contribution is -0.118. The molecule has 0 spiro atoms. The van der Waals surface area contributed by atoms with Crippen molar-refractivity contribution >= 4 is 17.6 Å². The fourth-order valence-electron chi connectivity index (χ4n) is 2.21. The normalized spacial score (nSPS) is 11.2. The first kappa shape index (κ1) is 21.0. The summed E-state index contributed by atoms with van der Waals surface area (Å²) in [7, 11) is 0. The van der Waals surface area contributed by atoms with Crippen LogP contribution in [0.25, 0.3) is 0 Å². The van der Waals surface area contributed by atoms with Crippen LogP contribution in [0.1, 0.15) is 29.8 Å². The van der Waals surface area contributed by atoms with E-state index in [0.29, 0.717) is 6.08 Å². The fourth-order valence-corrected chi connectivity index (χ4v) is 2.21. The third-order valence-corrected chi connectivity index (χ3v) is 3.77. The number of ether oxygens (including phenoxy) is 1. The third kappa shape index (κ3) is 4.70. The van der Waals surface area contributed by atoms with E-state index in [2.05, 4.69) is 11.9 Å². The molecule has 5 nitrogen and oxygen atoms in total. The molecule has 0 aliphatic heterocycles. The molecule has 28 heavy (non-hydrogen) atoms. The van der Waals surface area contributed by atoms with E-state index in [-0.39, 0.29) is 11.4 Å². The van der Waals surface area contributed by atoms with Gasteiger partial charge in [-0.15, -0.1) is 0 Å². The minimum Gasteiger partial charge on any atom is -0.478 e. The van der Waals surface area contributed by atoms with Crippen molar-refractivity contribution in [1.82, 2.24) is 0 Å². The van der Waals surface area contributed by atoms with Gasteiger partial charge in [0.25, 0.3) is 5.92 Å². The summed E-state index contributed by atoms with van der Waals surface area (Å²) in [5.74, 6) is -7.15. The van der Waals surface area contributed by atoms with Crippen molar-refractivity contribution in [2.45, 2.75) is 19.8 Å². The van der Waals surface area contributed by atoms with Gasteiger partial charge in [-0.3, -0.25) is 4.79 Å². The summed E-state index contributed by atoms with van der Waals surface area (Å²) in [5, 5.41) is 11.7. The van der Waals surface area contributed by atoms with Gasteiger partial charge in [-0.25, -0.2) is 9.18 Å². The molecule has 2 aromatic rings. The van der Waals surface area contributed by atoms with Crippen molar-refractivity contribution < 1.29 is 32.6 Å². The van der Waals surface area contributed by atoms with Gasteiger partial charge in [0.05, 0.1) is 16.8 Å². The molecule has 0 saturated heterocycles. The highest BCUT2D eigenvalue weighted by molar-refractivity contribution is 5.97. The monoisotopic (exact) mass is 393 g/mol. The molecular formula is C20H18F3NO4. The molecule has 0 heterocycles. The number of benzene rings is 2. The molecule has 1 amide bonds. The van der Waals surface area contributed by atoms with Crippen molar-refractivity contribution in [3.63, 3.8) is 0 Å². The molecule has 0 aliphatic rings. The van der Waals surface area contributed by atoms with Crippen molar-refractivity contribution in [1.29, 1.82) is 0 Å². The lowest BCUT2D eigenvalue weighted by Gasteiger charge is -2.21. The van der Waals surface area contributed by atoms with Crippen molar-refractivity contribution in [2.75, 3.05) is 5.32 Å². The highest BCUT2D eigenvalue weighted by Crippen LogP contribution is 2.43. The molecule has 148 valence electrons. The Balaban J connectivity index is 2.70. The topological polar surface area (TPSA) is 75.6 Å². The molecule has 2 N–H and O–H groups in total. The van der Waals surface area contributed by atoms with Gasteiger partial charge in [0.15, 0.2) is 5.75 Å². The van der Waals surface area contributed by atoms with Crippen LogP contribution in [-0.2, 0) is 10.7 Å². The number of anilines is 1. The molecule has 0 aliphatic carbocycles. The number of hydrogen-bond donors (Lipinski definition) is 2. The zero-order valence-electron chi connectivity index (χ0n) is 15.1. The number of rotatable bonds is 7. The Bertz CT molecular complexity index is 908. The Morgan fingerprint density at radius 3 is 2.32 bits per heavy atom. The van der Waals surface area contributed by atoms with Crippen molar-refractivity contribution in [3.05, 3.63) is 66.0 Å². The highest BCUT2D eigenvalue weighted by atomic mass is 19.3. The number of carboxylic acids is 1. The van der Waals surface area contributed by atoms with Gasteiger partial charge in [-0.2, -0.15) is 8.78 Å². The number of alkyl halides is 2. The zero-order valence-corrected chi connectivity index (χ0v) is 15.1. The van der Waals surface area contributed by atoms with Crippen LogP contribution in [0.2, 0.25) is 0 Å². The quantitative estimate of drug-likeness (QED) is 0.635. The van der Waals surface area contributed by atoms with Gasteiger partial charge in [0.1, 0.15) is 11.6 Å². The maximum atomic E-state index is 14.5. The molecule has 0 saturated carbocycles. The summed E-state index contributed by atoms with van der Waals surface area (Å²) in [6, 6.07) is 6.32. The number of hydrogen-bond acceptors (Lipinski definition) is 3. The number of carbonyl (C=O) groups excluding carboxylic acids is 1. The number of nitrogens with one attached hydrogen (secondary N) is 1. The van der Waals surface area contributed by atoms with E-state index in [1.807, 2.05) is 0 Å². The van der Waals surface area contributed by atoms with E-state index in [4.69, 9.17) is 4.74 Å². The van der Waals surface area contributed by atoms with Gasteiger partial charge < -0.3 is 15.2 Å². The molecule has 2 aromatic carbocycles. The predicted octanol–water partition coefficient (Wildman–Crippen LogP) is 5.19. The molecule has 0 bridgehead atoms. The highest BCUT2D eigenvalue weighted by Gasteiger charge is 2.34. The Labute approximate surface area is 159 Å². The van der Waals surface area contributed by atoms with Crippen molar-refractivity contribution in [3.8, 4) is 11.5 Å². The van der Waals surface area contributed by atoms with Crippen LogP contribution in [0.15, 0.2) is 49.1 Å². The molecule has 8 heteroatoms. The molecule has 2 rings (SSSR count). The van der Waals surface area contributed by atoms with Gasteiger partial charge in [0, 0.05) is 5.92 Å². The molecule has 0 aromatic heterocycles. The number of aromatic carboxylic acids is 1. The smallest absolute Gasteiger partial charge is 0.335 e. The van der Waals surface area contributed by atoms with Crippen LogP contribution in [0.4, 0.5) is 18.9 Å². The molecular weight excluding hydrogens is 375 g/mol. The minimum atomic E-state index is -3.65. The summed E-state index contributed by atoms with van der Waals surface area (Å²) in [6.45, 7) is 6.23. The lowest BCUT2D eigenvalue weighted by Crippen LogP contribution is -2.20. The zero-order chi connectivity index (χ0) is 21.1. The first-order valence-corrected chi connectivity index (χ1v) is 8.22. The predicted molar refractivity (Wildman–Crippen MR) is 97.4 cm³/mol. The maximum absolute atomic E-state index is 14.5. The second kappa shape index (κ2) is 8.16. The molecule has 0 atom stereocenters. The number of carboxylic acid groups (broad SMARTS) is 1. The number of carbonyl (C=O) groups is 2. The first-order chi connectivity index (χ1) is 13.0. The SMILES string of the molecule is C=CC(F)(F)c1cc(C(=O)O)cc(NC(=O)C(C)C)c1Oc1ccc(F)cc1. The second-order valence-electron chi connectivity index (χ2n) is 6.23. The van der Waals surface area contributed by atoms with Crippen LogP contribution in [0.5, 0.6) is 11.5 Å². The van der Waals surface area contributed by atoms with Crippen LogP contribution in [-0.4, -0.2) is 17.0 Å². The molecule has 0 fully saturated rings. The third-order valence-electron chi connectivity index (χ3n) is 3.77. The van der Waals surface area contributed by atoms with Gasteiger partial charge >= 0.3 is 5.97 Å². The largest absolute Gasteiger partial charge is 0.478 e. The molecule has 0 unspecified atom stereocenters. The number of allylic oxidation sites excluding steroid dienone is 1. The Morgan fingerprint density at radius 1 is 1.21 bits per heavy atom. The number of halogens is 3. The summed E-state index contributed by atoms with van der Waals surface area (Å²) in [4.78, 5) is 23.5. The average Bonchev–Trinajstić information content (AvgIpc) is 2.64. The van der Waals surface area contributed by atoms with E-state index in [0.717, 1.165) is 24.3 Å². The number of amides is 1. The Morgan fingerprint density at radius 2 is 1.82 bits per heavy atom. The maximum Gasteiger partial charge on any atom is 0.335 e. The minimum absolute atomic E-state index is 0.0191. The standard InChI is InChI=1S/C20H18F3NO4/c1-4-20(22,23)15-9-12(19(26)27)10-16(24-18(25)11(2)3)17(15)28-14-7-5-13(21)6-8-14/h4-11H,1H2,2-3H3,(H,24,25)(H,26,27). The van der Waals surface area contributed by atoms with Crippen LogP contribution >= 0.6 is 0 Å². The second-order valence-corrected chi connectivity index (χ2v) is 6.23. The fraction of sp³-hybridized carbons (Fsp3) is 0.200. The van der Waals surface area contributed by atoms with E-state index in [1.54, 1.807) is 13.8 Å². The summed E-state index contributed by atoms with van der Waals surface area (Å²) in [6.07, 6.45) is 0.333.